The van der Waals surface area contributed by atoms with Gasteiger partial charge in [0, 0.05) is 5.56 Å². The number of carbonyl (C=O) groups excluding carboxylic acids is 1. The highest BCUT2D eigenvalue weighted by Gasteiger charge is 2.24. The lowest BCUT2D eigenvalue weighted by Gasteiger charge is -2.15. The molecule has 0 heterocycles. The number of primary amides is 1. The van der Waals surface area contributed by atoms with Crippen LogP contribution in [0.3, 0.4) is 0 Å². The zero-order valence-corrected chi connectivity index (χ0v) is 11.7. The van der Waals surface area contributed by atoms with Crippen molar-refractivity contribution in [2.45, 2.75) is 31.6 Å². The predicted molar refractivity (Wildman–Crippen MR) is 70.1 cm³/mol. The smallest absolute Gasteiger partial charge is 0.249 e. The summed E-state index contributed by atoms with van der Waals surface area (Å²) < 4.78 is 23.2. The zero-order valence-electron chi connectivity index (χ0n) is 10.2. The van der Waals surface area contributed by atoms with Gasteiger partial charge in [0.25, 0.3) is 0 Å². The molecule has 5 nitrogen and oxygen atoms in total. The monoisotopic (exact) mass is 290 g/mol. The van der Waals surface area contributed by atoms with Gasteiger partial charge in [-0.25, -0.2) is 13.6 Å². The molecule has 0 atom stereocenters. The van der Waals surface area contributed by atoms with Gasteiger partial charge in [-0.15, -0.1) is 0 Å². The Morgan fingerprint density at radius 3 is 2.22 bits per heavy atom. The summed E-state index contributed by atoms with van der Waals surface area (Å²) in [5.74, 6) is -0.692. The maximum absolute atomic E-state index is 11.6. The number of hydrogen-bond donors (Lipinski definition) is 2. The Hall–Kier alpha value is -1.11. The van der Waals surface area contributed by atoms with Gasteiger partial charge in [-0.05, 0) is 30.0 Å². The summed E-state index contributed by atoms with van der Waals surface area (Å²) >= 11 is 6.04. The molecular weight excluding hydrogens is 276 g/mol. The molecule has 0 aromatic heterocycles. The summed E-state index contributed by atoms with van der Waals surface area (Å²) in [6.07, 6.45) is 0.777. The number of aryl methyl sites for hydroxylation is 1. The first-order chi connectivity index (χ1) is 8.23. The van der Waals surface area contributed by atoms with E-state index in [-0.39, 0.29) is 21.0 Å². The number of rotatable bonds is 4. The van der Waals surface area contributed by atoms with E-state index in [1.54, 1.807) is 13.8 Å². The average Bonchev–Trinajstić information content (AvgIpc) is 2.25. The van der Waals surface area contributed by atoms with Gasteiger partial charge in [-0.2, -0.15) is 0 Å². The van der Waals surface area contributed by atoms with Crippen LogP contribution in [-0.4, -0.2) is 14.3 Å². The van der Waals surface area contributed by atoms with Gasteiger partial charge in [-0.3, -0.25) is 4.79 Å². The summed E-state index contributed by atoms with van der Waals surface area (Å²) in [7, 11) is -4.00. The fourth-order valence-electron chi connectivity index (χ4n) is 1.85. The number of halogens is 1. The zero-order chi connectivity index (χ0) is 14.1. The second-order valence-corrected chi connectivity index (χ2v) is 5.70. The normalized spacial score (nSPS) is 11.6. The molecule has 0 bridgehead atoms. The van der Waals surface area contributed by atoms with Gasteiger partial charge >= 0.3 is 0 Å². The van der Waals surface area contributed by atoms with E-state index in [9.17, 15) is 13.2 Å². The Labute approximate surface area is 111 Å². The SMILES string of the molecule is CCc1cc(C(N)=O)c(CC)c(S(N)(=O)=O)c1Cl. The van der Waals surface area contributed by atoms with Crippen molar-refractivity contribution >= 4 is 27.5 Å². The van der Waals surface area contributed by atoms with Gasteiger partial charge in [0.15, 0.2) is 0 Å². The van der Waals surface area contributed by atoms with Crippen LogP contribution in [0.15, 0.2) is 11.0 Å². The van der Waals surface area contributed by atoms with Crippen molar-refractivity contribution in [1.29, 1.82) is 0 Å². The van der Waals surface area contributed by atoms with E-state index < -0.39 is 15.9 Å². The summed E-state index contributed by atoms with van der Waals surface area (Å²) in [5.41, 5.74) is 6.22. The number of amides is 1. The molecule has 0 unspecified atom stereocenters. The number of primary sulfonamides is 1. The standard InChI is InChI=1S/C11H15ClN2O3S/c1-3-6-5-8(11(13)15)7(4-2)10(9(6)12)18(14,16)17/h5H,3-4H2,1-2H3,(H2,13,15)(H2,14,16,17). The van der Waals surface area contributed by atoms with Crippen LogP contribution >= 0.6 is 11.6 Å². The summed E-state index contributed by atoms with van der Waals surface area (Å²) in [6, 6.07) is 1.53. The highest BCUT2D eigenvalue weighted by Crippen LogP contribution is 2.31. The van der Waals surface area contributed by atoms with Gasteiger partial charge in [0.1, 0.15) is 4.90 Å². The molecule has 0 radical (unpaired) electrons. The van der Waals surface area contributed by atoms with Crippen molar-refractivity contribution < 1.29 is 13.2 Å². The third-order valence-electron chi connectivity index (χ3n) is 2.68. The molecule has 0 aliphatic carbocycles. The number of carbonyl (C=O) groups is 1. The highest BCUT2D eigenvalue weighted by molar-refractivity contribution is 7.89. The largest absolute Gasteiger partial charge is 0.366 e. The fraction of sp³-hybridized carbons (Fsp3) is 0.364. The van der Waals surface area contributed by atoms with Gasteiger partial charge in [-0.1, -0.05) is 25.4 Å². The van der Waals surface area contributed by atoms with Gasteiger partial charge in [0.05, 0.1) is 5.02 Å². The van der Waals surface area contributed by atoms with Crippen molar-refractivity contribution in [3.63, 3.8) is 0 Å². The van der Waals surface area contributed by atoms with Crippen LogP contribution in [0.1, 0.15) is 35.3 Å². The Kier molecular flexibility index (Phi) is 4.37. The number of nitrogens with two attached hydrogens (primary N) is 2. The molecule has 1 amide bonds. The summed E-state index contributed by atoms with van der Waals surface area (Å²) in [4.78, 5) is 11.2. The van der Waals surface area contributed by atoms with E-state index in [4.69, 9.17) is 22.5 Å². The van der Waals surface area contributed by atoms with Crippen molar-refractivity contribution in [3.8, 4) is 0 Å². The van der Waals surface area contributed by atoms with E-state index in [2.05, 4.69) is 0 Å². The molecule has 0 aliphatic rings. The molecule has 100 valence electrons. The Morgan fingerprint density at radius 2 is 1.89 bits per heavy atom. The van der Waals surface area contributed by atoms with Crippen LogP contribution in [-0.2, 0) is 22.9 Å². The Bertz CT molecular complexity index is 597. The first-order valence-corrected chi connectivity index (χ1v) is 7.33. The predicted octanol–water partition coefficient (Wildman–Crippen LogP) is 1.21. The third kappa shape index (κ3) is 2.66. The van der Waals surface area contributed by atoms with Gasteiger partial charge < -0.3 is 5.73 Å². The van der Waals surface area contributed by atoms with Crippen LogP contribution in [0.25, 0.3) is 0 Å². The minimum absolute atomic E-state index is 0.0712. The van der Waals surface area contributed by atoms with Crippen LogP contribution < -0.4 is 10.9 Å². The van der Waals surface area contributed by atoms with Crippen LogP contribution in [0, 0.1) is 0 Å². The average molecular weight is 291 g/mol. The van der Waals surface area contributed by atoms with E-state index >= 15 is 0 Å². The molecule has 1 aromatic carbocycles. The molecule has 18 heavy (non-hydrogen) atoms. The summed E-state index contributed by atoms with van der Waals surface area (Å²) in [5, 5.41) is 5.23. The maximum Gasteiger partial charge on any atom is 0.249 e. The highest BCUT2D eigenvalue weighted by atomic mass is 35.5. The minimum atomic E-state index is -4.00. The topological polar surface area (TPSA) is 103 Å². The molecule has 1 aromatic rings. The molecule has 0 saturated heterocycles. The van der Waals surface area contributed by atoms with Crippen molar-refractivity contribution in [2.75, 3.05) is 0 Å². The van der Waals surface area contributed by atoms with E-state index in [1.165, 1.54) is 6.07 Å². The first-order valence-electron chi connectivity index (χ1n) is 5.40. The maximum atomic E-state index is 11.6. The third-order valence-corrected chi connectivity index (χ3v) is 4.25. The molecule has 4 N–H and O–H groups in total. The fourth-order valence-corrected chi connectivity index (χ4v) is 3.45. The number of sulfonamides is 1. The van der Waals surface area contributed by atoms with Crippen molar-refractivity contribution in [1.82, 2.24) is 0 Å². The second kappa shape index (κ2) is 5.26. The van der Waals surface area contributed by atoms with E-state index in [0.29, 0.717) is 18.4 Å². The quantitative estimate of drug-likeness (QED) is 0.871. The minimum Gasteiger partial charge on any atom is -0.366 e. The summed E-state index contributed by atoms with van der Waals surface area (Å²) in [6.45, 7) is 3.50. The second-order valence-electron chi connectivity index (χ2n) is 3.82. The first kappa shape index (κ1) is 14.9. The lowest BCUT2D eigenvalue weighted by molar-refractivity contribution is 0.0999. The van der Waals surface area contributed by atoms with Crippen molar-refractivity contribution in [2.24, 2.45) is 10.9 Å². The lowest BCUT2D eigenvalue weighted by Crippen LogP contribution is -2.21. The molecule has 0 fully saturated rings. The number of hydrogen-bond acceptors (Lipinski definition) is 3. The van der Waals surface area contributed by atoms with Crippen LogP contribution in [0.2, 0.25) is 5.02 Å². The number of benzene rings is 1. The molecule has 1 rings (SSSR count). The van der Waals surface area contributed by atoms with Crippen LogP contribution in [0.5, 0.6) is 0 Å². The van der Waals surface area contributed by atoms with E-state index in [1.807, 2.05) is 0 Å². The Morgan fingerprint density at radius 1 is 1.33 bits per heavy atom. The molecule has 0 aliphatic heterocycles. The van der Waals surface area contributed by atoms with Gasteiger partial charge in [0.2, 0.25) is 15.9 Å². The molecule has 0 saturated carbocycles. The molecule has 7 heteroatoms. The van der Waals surface area contributed by atoms with Crippen molar-refractivity contribution in [3.05, 3.63) is 27.8 Å². The Balaban J connectivity index is 3.86. The van der Waals surface area contributed by atoms with Crippen LogP contribution in [0.4, 0.5) is 0 Å². The lowest BCUT2D eigenvalue weighted by atomic mass is 10.00. The molecular formula is C11H15ClN2O3S. The molecule has 0 spiro atoms. The van der Waals surface area contributed by atoms with E-state index in [0.717, 1.165) is 0 Å².